The molecule has 1 atom stereocenters. The van der Waals surface area contributed by atoms with Crippen molar-refractivity contribution < 1.29 is 14.7 Å². The molecule has 1 unspecified atom stereocenters. The van der Waals surface area contributed by atoms with Crippen molar-refractivity contribution in [1.82, 2.24) is 9.80 Å². The van der Waals surface area contributed by atoms with Crippen LogP contribution in [0.25, 0.3) is 0 Å². The highest BCUT2D eigenvalue weighted by Gasteiger charge is 2.36. The van der Waals surface area contributed by atoms with Crippen molar-refractivity contribution in [2.75, 3.05) is 27.2 Å². The van der Waals surface area contributed by atoms with Crippen LogP contribution in [0.2, 0.25) is 0 Å². The molecule has 19 heavy (non-hydrogen) atoms. The number of amides is 1. The van der Waals surface area contributed by atoms with Crippen molar-refractivity contribution in [3.8, 4) is 0 Å². The number of hydrogen-bond donors (Lipinski definition) is 1. The molecular formula is C13H18N2O3S. The van der Waals surface area contributed by atoms with Gasteiger partial charge in [0, 0.05) is 24.4 Å². The van der Waals surface area contributed by atoms with Crippen LogP contribution in [-0.2, 0) is 16.0 Å². The van der Waals surface area contributed by atoms with Crippen LogP contribution in [0.4, 0.5) is 0 Å². The largest absolute Gasteiger partial charge is 0.479 e. The number of carboxylic acids is 1. The molecule has 1 aromatic rings. The van der Waals surface area contributed by atoms with Crippen molar-refractivity contribution >= 4 is 23.2 Å². The summed E-state index contributed by atoms with van der Waals surface area (Å²) in [6.45, 7) is 1.13. The summed E-state index contributed by atoms with van der Waals surface area (Å²) >= 11 is 1.57. The van der Waals surface area contributed by atoms with Crippen molar-refractivity contribution in [1.29, 1.82) is 0 Å². The second kappa shape index (κ2) is 5.71. The number of thiophene rings is 1. The van der Waals surface area contributed by atoms with Gasteiger partial charge in [-0.3, -0.25) is 4.79 Å². The summed E-state index contributed by atoms with van der Waals surface area (Å²) in [4.78, 5) is 28.2. The second-order valence-corrected chi connectivity index (χ2v) is 5.93. The van der Waals surface area contributed by atoms with Crippen LogP contribution in [-0.4, -0.2) is 54.0 Å². The van der Waals surface area contributed by atoms with Gasteiger partial charge in [0.2, 0.25) is 5.91 Å². The molecule has 1 aliphatic rings. The maximum atomic E-state index is 12.2. The number of hydrogen-bond acceptors (Lipinski definition) is 4. The third-order valence-electron chi connectivity index (χ3n) is 3.29. The summed E-state index contributed by atoms with van der Waals surface area (Å²) in [5.74, 6) is -1.03. The van der Waals surface area contributed by atoms with Gasteiger partial charge in [0.05, 0.1) is 0 Å². The van der Waals surface area contributed by atoms with Gasteiger partial charge < -0.3 is 14.9 Å². The topological polar surface area (TPSA) is 60.9 Å². The summed E-state index contributed by atoms with van der Waals surface area (Å²) in [6.07, 6.45) is 1.11. The fourth-order valence-corrected chi connectivity index (χ4v) is 3.22. The Morgan fingerprint density at radius 2 is 2.26 bits per heavy atom. The number of fused-ring (bicyclic) bond motifs is 1. The van der Waals surface area contributed by atoms with Crippen molar-refractivity contribution in [2.45, 2.75) is 18.9 Å². The van der Waals surface area contributed by atoms with Crippen LogP contribution in [0.1, 0.15) is 22.9 Å². The average molecular weight is 282 g/mol. The minimum absolute atomic E-state index is 0.0852. The molecule has 5 nitrogen and oxygen atoms in total. The van der Waals surface area contributed by atoms with E-state index >= 15 is 0 Å². The predicted molar refractivity (Wildman–Crippen MR) is 73.3 cm³/mol. The lowest BCUT2D eigenvalue weighted by molar-refractivity contribution is -0.151. The Bertz CT molecular complexity index is 484. The maximum Gasteiger partial charge on any atom is 0.331 e. The van der Waals surface area contributed by atoms with Gasteiger partial charge in [0.1, 0.15) is 0 Å². The third-order valence-corrected chi connectivity index (χ3v) is 4.29. The third kappa shape index (κ3) is 2.96. The molecule has 0 radical (unpaired) electrons. The Morgan fingerprint density at radius 1 is 1.53 bits per heavy atom. The number of aliphatic carboxylic acids is 1. The standard InChI is InChI=1S/C13H18N2O3S/c1-14(2)6-4-11(16)15-7-3-10-9(5-8-19-10)12(15)13(17)18/h5,8,12H,3-4,6-7H2,1-2H3,(H,17,18). The van der Waals surface area contributed by atoms with Gasteiger partial charge in [0.25, 0.3) is 0 Å². The smallest absolute Gasteiger partial charge is 0.331 e. The molecular weight excluding hydrogens is 264 g/mol. The Labute approximate surface area is 116 Å². The molecule has 0 aromatic carbocycles. The van der Waals surface area contributed by atoms with E-state index in [1.54, 1.807) is 11.3 Å². The molecule has 1 N–H and O–H groups in total. The monoisotopic (exact) mass is 282 g/mol. The molecule has 2 heterocycles. The Hall–Kier alpha value is -1.40. The number of carbonyl (C=O) groups is 2. The van der Waals surface area contributed by atoms with Crippen LogP contribution in [0, 0.1) is 0 Å². The molecule has 104 valence electrons. The fourth-order valence-electron chi connectivity index (χ4n) is 2.31. The van der Waals surface area contributed by atoms with Gasteiger partial charge >= 0.3 is 5.97 Å². The van der Waals surface area contributed by atoms with E-state index in [-0.39, 0.29) is 5.91 Å². The quantitative estimate of drug-likeness (QED) is 0.902. The highest BCUT2D eigenvalue weighted by atomic mass is 32.1. The summed E-state index contributed by atoms with van der Waals surface area (Å²) < 4.78 is 0. The zero-order chi connectivity index (χ0) is 14.0. The first-order valence-corrected chi connectivity index (χ1v) is 7.12. The minimum Gasteiger partial charge on any atom is -0.479 e. The van der Waals surface area contributed by atoms with E-state index in [0.29, 0.717) is 19.5 Å². The first-order chi connectivity index (χ1) is 9.00. The Morgan fingerprint density at radius 3 is 2.89 bits per heavy atom. The minimum atomic E-state index is -0.947. The van der Waals surface area contributed by atoms with Crippen LogP contribution < -0.4 is 0 Å². The van der Waals surface area contributed by atoms with Crippen molar-refractivity contribution in [3.05, 3.63) is 21.9 Å². The van der Waals surface area contributed by atoms with E-state index < -0.39 is 12.0 Å². The zero-order valence-electron chi connectivity index (χ0n) is 11.1. The number of carboxylic acid groups (broad SMARTS) is 1. The summed E-state index contributed by atoms with van der Waals surface area (Å²) in [6, 6.07) is 1.01. The lowest BCUT2D eigenvalue weighted by atomic mass is 9.99. The van der Waals surface area contributed by atoms with Gasteiger partial charge in [-0.05, 0) is 37.5 Å². The van der Waals surface area contributed by atoms with E-state index in [1.165, 1.54) is 4.90 Å². The van der Waals surface area contributed by atoms with E-state index in [2.05, 4.69) is 0 Å². The number of nitrogens with zero attached hydrogens (tertiary/aromatic N) is 2. The second-order valence-electron chi connectivity index (χ2n) is 4.93. The van der Waals surface area contributed by atoms with Crippen molar-refractivity contribution in [2.24, 2.45) is 0 Å². The van der Waals surface area contributed by atoms with E-state index in [4.69, 9.17) is 0 Å². The summed E-state index contributed by atoms with van der Waals surface area (Å²) in [5, 5.41) is 11.3. The lowest BCUT2D eigenvalue weighted by Gasteiger charge is -2.33. The average Bonchev–Trinajstić information content (AvgIpc) is 2.82. The van der Waals surface area contributed by atoms with Gasteiger partial charge in [-0.2, -0.15) is 0 Å². The SMILES string of the molecule is CN(C)CCC(=O)N1CCc2sccc2C1C(=O)O. The van der Waals surface area contributed by atoms with Crippen LogP contribution >= 0.6 is 11.3 Å². The molecule has 0 aliphatic carbocycles. The predicted octanol–water partition coefficient (Wildman–Crippen LogP) is 1.21. The van der Waals surface area contributed by atoms with E-state index in [0.717, 1.165) is 16.9 Å². The van der Waals surface area contributed by atoms with Crippen LogP contribution in [0.3, 0.4) is 0 Å². The molecule has 0 saturated heterocycles. The van der Waals surface area contributed by atoms with Crippen molar-refractivity contribution in [3.63, 3.8) is 0 Å². The first kappa shape index (κ1) is 14.0. The van der Waals surface area contributed by atoms with Gasteiger partial charge in [-0.1, -0.05) is 0 Å². The maximum absolute atomic E-state index is 12.2. The van der Waals surface area contributed by atoms with E-state index in [9.17, 15) is 14.7 Å². The number of rotatable bonds is 4. The lowest BCUT2D eigenvalue weighted by Crippen LogP contribution is -2.43. The van der Waals surface area contributed by atoms with Gasteiger partial charge in [-0.25, -0.2) is 4.79 Å². The molecule has 0 fully saturated rings. The zero-order valence-corrected chi connectivity index (χ0v) is 11.9. The fraction of sp³-hybridized carbons (Fsp3) is 0.538. The van der Waals surface area contributed by atoms with Gasteiger partial charge in [-0.15, -0.1) is 11.3 Å². The first-order valence-electron chi connectivity index (χ1n) is 6.24. The molecule has 6 heteroatoms. The molecule has 0 bridgehead atoms. The molecule has 1 aliphatic heterocycles. The Balaban J connectivity index is 2.17. The van der Waals surface area contributed by atoms with Crippen LogP contribution in [0.5, 0.6) is 0 Å². The summed E-state index contributed by atoms with van der Waals surface area (Å²) in [5.41, 5.74) is 0.780. The molecule has 1 aromatic heterocycles. The molecule has 1 amide bonds. The number of carbonyl (C=O) groups excluding carboxylic acids is 1. The summed E-state index contributed by atoms with van der Waals surface area (Å²) in [7, 11) is 3.80. The molecule has 0 spiro atoms. The van der Waals surface area contributed by atoms with Gasteiger partial charge in [0.15, 0.2) is 6.04 Å². The normalized spacial score (nSPS) is 18.5. The highest BCUT2D eigenvalue weighted by Crippen LogP contribution is 2.33. The van der Waals surface area contributed by atoms with E-state index in [1.807, 2.05) is 30.4 Å². The molecule has 2 rings (SSSR count). The molecule has 0 saturated carbocycles. The Kier molecular flexibility index (Phi) is 4.21. The highest BCUT2D eigenvalue weighted by molar-refractivity contribution is 7.10. The van der Waals surface area contributed by atoms with Crippen LogP contribution in [0.15, 0.2) is 11.4 Å².